The molecule has 0 aromatic carbocycles. The van der Waals surface area contributed by atoms with Crippen molar-refractivity contribution < 1.29 is 9.59 Å². The molecule has 0 aliphatic heterocycles. The average Bonchev–Trinajstić information content (AvgIpc) is 3.24. The summed E-state index contributed by atoms with van der Waals surface area (Å²) in [5.74, 6) is -0.701. The molecular formula is C16H19BrN8O2. The van der Waals surface area contributed by atoms with Gasteiger partial charge in [0.15, 0.2) is 0 Å². The Bertz CT molecular complexity index is 1020. The first-order valence-corrected chi connectivity index (χ1v) is 8.87. The summed E-state index contributed by atoms with van der Waals surface area (Å²) in [5, 5.41) is 17.8. The van der Waals surface area contributed by atoms with Crippen molar-refractivity contribution in [3.8, 4) is 0 Å². The predicted molar refractivity (Wildman–Crippen MR) is 102 cm³/mol. The Balaban J connectivity index is 1.76. The van der Waals surface area contributed by atoms with Crippen molar-refractivity contribution in [2.45, 2.75) is 20.4 Å². The summed E-state index contributed by atoms with van der Waals surface area (Å²) >= 11 is 3.36. The lowest BCUT2D eigenvalue weighted by atomic mass is 10.3. The molecule has 0 aliphatic rings. The molecule has 0 atom stereocenters. The number of nitrogens with zero attached hydrogens (tertiary/aromatic N) is 6. The van der Waals surface area contributed by atoms with Crippen molar-refractivity contribution in [1.82, 2.24) is 29.3 Å². The third-order valence-corrected chi connectivity index (χ3v) is 5.03. The minimum absolute atomic E-state index is 0.0229. The zero-order chi connectivity index (χ0) is 19.7. The van der Waals surface area contributed by atoms with Gasteiger partial charge >= 0.3 is 0 Å². The number of rotatable bonds is 5. The number of carbonyl (C=O) groups is 2. The third kappa shape index (κ3) is 3.77. The van der Waals surface area contributed by atoms with Crippen molar-refractivity contribution in [1.29, 1.82) is 0 Å². The highest BCUT2D eigenvalue weighted by molar-refractivity contribution is 9.10. The first-order chi connectivity index (χ1) is 12.8. The van der Waals surface area contributed by atoms with Crippen LogP contribution in [0.25, 0.3) is 0 Å². The van der Waals surface area contributed by atoms with Crippen LogP contribution in [-0.2, 0) is 25.4 Å². The van der Waals surface area contributed by atoms with Crippen LogP contribution in [-0.4, -0.2) is 41.2 Å². The maximum atomic E-state index is 12.7. The first-order valence-electron chi connectivity index (χ1n) is 8.07. The maximum absolute atomic E-state index is 12.7. The fraction of sp³-hybridized carbons (Fsp3) is 0.312. The summed E-state index contributed by atoms with van der Waals surface area (Å²) in [4.78, 5) is 25.1. The summed E-state index contributed by atoms with van der Waals surface area (Å²) in [7, 11) is 3.42. The molecule has 3 rings (SSSR count). The van der Waals surface area contributed by atoms with Gasteiger partial charge in [0.2, 0.25) is 5.91 Å². The summed E-state index contributed by atoms with van der Waals surface area (Å²) in [6, 6.07) is 0. The Morgan fingerprint density at radius 2 is 1.63 bits per heavy atom. The van der Waals surface area contributed by atoms with Crippen LogP contribution in [0.15, 0.2) is 23.1 Å². The fourth-order valence-electron chi connectivity index (χ4n) is 2.51. The molecule has 0 saturated carbocycles. The Kier molecular flexibility index (Phi) is 5.13. The van der Waals surface area contributed by atoms with E-state index in [4.69, 9.17) is 0 Å². The van der Waals surface area contributed by atoms with Crippen molar-refractivity contribution in [3.05, 3.63) is 40.1 Å². The van der Waals surface area contributed by atoms with E-state index < -0.39 is 0 Å². The van der Waals surface area contributed by atoms with Crippen LogP contribution in [0.3, 0.4) is 0 Å². The molecule has 3 heterocycles. The second kappa shape index (κ2) is 7.35. The quantitative estimate of drug-likeness (QED) is 0.633. The number of halogens is 1. The van der Waals surface area contributed by atoms with Crippen LogP contribution in [0.4, 0.5) is 11.4 Å². The van der Waals surface area contributed by atoms with Crippen LogP contribution in [0.2, 0.25) is 0 Å². The van der Waals surface area contributed by atoms with Gasteiger partial charge in [-0.1, -0.05) is 0 Å². The molecule has 10 nitrogen and oxygen atoms in total. The van der Waals surface area contributed by atoms with Gasteiger partial charge in [-0.15, -0.1) is 0 Å². The van der Waals surface area contributed by atoms with Gasteiger partial charge in [-0.25, -0.2) is 0 Å². The van der Waals surface area contributed by atoms with E-state index in [1.165, 1.54) is 10.9 Å². The molecule has 0 saturated heterocycles. The van der Waals surface area contributed by atoms with E-state index in [9.17, 15) is 9.59 Å². The van der Waals surface area contributed by atoms with Crippen LogP contribution in [0.1, 0.15) is 21.9 Å². The number of hydrogen-bond acceptors (Lipinski definition) is 5. The zero-order valence-corrected chi connectivity index (χ0v) is 16.9. The van der Waals surface area contributed by atoms with E-state index in [-0.39, 0.29) is 24.1 Å². The van der Waals surface area contributed by atoms with Crippen LogP contribution in [0, 0.1) is 13.8 Å². The number of carbonyl (C=O) groups excluding carboxylic acids is 2. The molecular weight excluding hydrogens is 416 g/mol. The highest BCUT2D eigenvalue weighted by Crippen LogP contribution is 2.19. The normalized spacial score (nSPS) is 10.9. The molecule has 0 bridgehead atoms. The highest BCUT2D eigenvalue weighted by Gasteiger charge is 2.20. The Morgan fingerprint density at radius 3 is 2.22 bits per heavy atom. The van der Waals surface area contributed by atoms with E-state index in [0.717, 1.165) is 15.9 Å². The lowest BCUT2D eigenvalue weighted by molar-refractivity contribution is -0.116. The number of aromatic nitrogens is 6. The maximum Gasteiger partial charge on any atom is 0.276 e. The smallest absolute Gasteiger partial charge is 0.276 e. The minimum Gasteiger partial charge on any atom is -0.321 e. The monoisotopic (exact) mass is 434 g/mol. The Morgan fingerprint density at radius 1 is 0.963 bits per heavy atom. The number of hydrogen-bond donors (Lipinski definition) is 2. The van der Waals surface area contributed by atoms with Gasteiger partial charge in [0.1, 0.15) is 12.2 Å². The molecule has 0 spiro atoms. The van der Waals surface area contributed by atoms with Gasteiger partial charge < -0.3 is 10.6 Å². The number of anilines is 2. The van der Waals surface area contributed by atoms with Crippen molar-refractivity contribution in [2.75, 3.05) is 10.6 Å². The van der Waals surface area contributed by atoms with Gasteiger partial charge in [-0.2, -0.15) is 15.3 Å². The lowest BCUT2D eigenvalue weighted by Crippen LogP contribution is -2.23. The van der Waals surface area contributed by atoms with Crippen LogP contribution in [0.5, 0.6) is 0 Å². The van der Waals surface area contributed by atoms with E-state index in [2.05, 4.69) is 41.9 Å². The van der Waals surface area contributed by atoms with E-state index in [1.54, 1.807) is 35.9 Å². The summed E-state index contributed by atoms with van der Waals surface area (Å²) < 4.78 is 5.45. The third-order valence-electron chi connectivity index (χ3n) is 4.25. The molecule has 0 fully saturated rings. The summed E-state index contributed by atoms with van der Waals surface area (Å²) in [6.45, 7) is 3.72. The molecule has 2 N–H and O–H groups in total. The molecule has 0 unspecified atom stereocenters. The molecule has 3 aromatic rings. The Hall–Kier alpha value is -2.95. The molecule has 2 amide bonds. The van der Waals surface area contributed by atoms with Gasteiger partial charge in [0, 0.05) is 14.1 Å². The van der Waals surface area contributed by atoms with E-state index in [0.29, 0.717) is 11.4 Å². The molecule has 0 aliphatic carbocycles. The van der Waals surface area contributed by atoms with Crippen molar-refractivity contribution in [3.63, 3.8) is 0 Å². The van der Waals surface area contributed by atoms with Gasteiger partial charge in [0.05, 0.1) is 45.8 Å². The lowest BCUT2D eigenvalue weighted by Gasteiger charge is -2.09. The fourth-order valence-corrected chi connectivity index (χ4v) is 2.81. The van der Waals surface area contributed by atoms with Gasteiger partial charge in [0.25, 0.3) is 5.91 Å². The highest BCUT2D eigenvalue weighted by atomic mass is 79.9. The number of amides is 2. The summed E-state index contributed by atoms with van der Waals surface area (Å²) in [5.41, 5.74) is 2.81. The molecule has 3 aromatic heterocycles. The SMILES string of the molecule is Cc1c(NC(=O)c2c(NC(=O)Cn3ncc(Br)c3C)cnn2C)cnn1C. The molecule has 0 radical (unpaired) electrons. The van der Waals surface area contributed by atoms with Gasteiger partial charge in [-0.05, 0) is 29.8 Å². The van der Waals surface area contributed by atoms with Gasteiger partial charge in [-0.3, -0.25) is 23.6 Å². The van der Waals surface area contributed by atoms with Crippen molar-refractivity contribution in [2.24, 2.45) is 14.1 Å². The number of aryl methyl sites for hydroxylation is 2. The molecule has 27 heavy (non-hydrogen) atoms. The summed E-state index contributed by atoms with van der Waals surface area (Å²) in [6.07, 6.45) is 4.64. The topological polar surface area (TPSA) is 112 Å². The first kappa shape index (κ1) is 18.8. The van der Waals surface area contributed by atoms with Crippen molar-refractivity contribution >= 4 is 39.1 Å². The van der Waals surface area contributed by atoms with E-state index >= 15 is 0 Å². The molecule has 142 valence electrons. The standard InChI is InChI=1S/C16H19BrN8O2/c1-9-11(17)5-20-25(9)8-14(26)21-13-7-19-24(4)15(13)16(27)22-12-6-18-23(3)10(12)2/h5-7H,8H2,1-4H3,(H,21,26)(H,22,27). The van der Waals surface area contributed by atoms with E-state index in [1.807, 2.05) is 13.8 Å². The predicted octanol–water partition coefficient (Wildman–Crippen LogP) is 1.62. The number of nitrogens with one attached hydrogen (secondary N) is 2. The average molecular weight is 435 g/mol. The molecule has 11 heteroatoms. The second-order valence-corrected chi connectivity index (χ2v) is 6.89. The largest absolute Gasteiger partial charge is 0.321 e. The zero-order valence-electron chi connectivity index (χ0n) is 15.3. The van der Waals surface area contributed by atoms with Crippen LogP contribution < -0.4 is 10.6 Å². The van der Waals surface area contributed by atoms with Crippen LogP contribution >= 0.6 is 15.9 Å². The minimum atomic E-state index is -0.389. The Labute approximate surface area is 163 Å². The second-order valence-electron chi connectivity index (χ2n) is 6.04.